The Hall–Kier alpha value is -2.57. The summed E-state index contributed by atoms with van der Waals surface area (Å²) in [5, 5.41) is 12.8. The minimum Gasteiger partial charge on any atom is -0.397 e. The highest BCUT2D eigenvalue weighted by Crippen LogP contribution is 2.28. The van der Waals surface area contributed by atoms with Crippen LogP contribution in [-0.4, -0.2) is 21.3 Å². The van der Waals surface area contributed by atoms with Gasteiger partial charge in [-0.25, -0.2) is 0 Å². The van der Waals surface area contributed by atoms with E-state index < -0.39 is 5.91 Å². The number of nitrogens with zero attached hydrogens (tertiary/aromatic N) is 2. The maximum Gasteiger partial charge on any atom is 0.273 e. The number of nitrogens with two attached hydrogens (primary N) is 2. The molecule has 0 aliphatic rings. The molecule has 0 bridgehead atoms. The zero-order valence-electron chi connectivity index (χ0n) is 11.5. The van der Waals surface area contributed by atoms with E-state index in [1.807, 2.05) is 18.2 Å². The SMILES string of the molecule is CCC(C)c1ccc(Nc2n[nH]nc2C(N)=O)c(N)c1. The molecule has 0 aliphatic heterocycles. The van der Waals surface area contributed by atoms with Crippen LogP contribution in [0.4, 0.5) is 17.2 Å². The molecular weight excluding hydrogens is 256 g/mol. The van der Waals surface area contributed by atoms with Crippen LogP contribution in [0.15, 0.2) is 18.2 Å². The number of rotatable bonds is 5. The number of benzene rings is 1. The second-order valence-electron chi connectivity index (χ2n) is 4.67. The van der Waals surface area contributed by atoms with Gasteiger partial charge in [0.25, 0.3) is 5.91 Å². The van der Waals surface area contributed by atoms with Crippen LogP contribution in [-0.2, 0) is 0 Å². The summed E-state index contributed by atoms with van der Waals surface area (Å²) in [4.78, 5) is 11.2. The highest BCUT2D eigenvalue weighted by Gasteiger charge is 2.14. The van der Waals surface area contributed by atoms with Gasteiger partial charge in [-0.2, -0.15) is 5.21 Å². The molecule has 7 heteroatoms. The van der Waals surface area contributed by atoms with Crippen molar-refractivity contribution in [3.8, 4) is 0 Å². The lowest BCUT2D eigenvalue weighted by molar-refractivity contribution is 0.0996. The minimum absolute atomic E-state index is 0.0513. The summed E-state index contributed by atoms with van der Waals surface area (Å²) in [5.74, 6) is 0.0520. The number of hydrogen-bond acceptors (Lipinski definition) is 5. The molecule has 0 saturated heterocycles. The molecule has 0 saturated carbocycles. The summed E-state index contributed by atoms with van der Waals surface area (Å²) in [6.45, 7) is 4.27. The minimum atomic E-state index is -0.656. The van der Waals surface area contributed by atoms with Gasteiger partial charge in [-0.3, -0.25) is 4.79 Å². The molecule has 1 aromatic carbocycles. The van der Waals surface area contributed by atoms with Crippen LogP contribution in [0.1, 0.15) is 42.2 Å². The molecule has 1 heterocycles. The maximum absolute atomic E-state index is 11.2. The molecule has 106 valence electrons. The van der Waals surface area contributed by atoms with Gasteiger partial charge in [0.2, 0.25) is 0 Å². The number of carbonyl (C=O) groups excluding carboxylic acids is 1. The van der Waals surface area contributed by atoms with Gasteiger partial charge >= 0.3 is 0 Å². The van der Waals surface area contributed by atoms with Gasteiger partial charge in [-0.05, 0) is 30.0 Å². The van der Waals surface area contributed by atoms with Gasteiger partial charge in [0.15, 0.2) is 11.5 Å². The van der Waals surface area contributed by atoms with E-state index in [0.29, 0.717) is 17.3 Å². The predicted octanol–water partition coefficient (Wildman–Crippen LogP) is 1.74. The van der Waals surface area contributed by atoms with E-state index >= 15 is 0 Å². The average molecular weight is 274 g/mol. The van der Waals surface area contributed by atoms with Gasteiger partial charge in [-0.1, -0.05) is 19.9 Å². The van der Waals surface area contributed by atoms with Crippen molar-refractivity contribution < 1.29 is 4.79 Å². The summed E-state index contributed by atoms with van der Waals surface area (Å²) in [6, 6.07) is 5.77. The van der Waals surface area contributed by atoms with Crippen molar-refractivity contribution in [2.24, 2.45) is 5.73 Å². The molecule has 1 aromatic heterocycles. The molecule has 0 aliphatic carbocycles. The number of carbonyl (C=O) groups is 1. The van der Waals surface area contributed by atoms with Crippen LogP contribution in [0.3, 0.4) is 0 Å². The first-order valence-electron chi connectivity index (χ1n) is 6.40. The van der Waals surface area contributed by atoms with Gasteiger partial charge in [0, 0.05) is 0 Å². The normalized spacial score (nSPS) is 12.1. The topological polar surface area (TPSA) is 123 Å². The van der Waals surface area contributed by atoms with Crippen molar-refractivity contribution in [2.45, 2.75) is 26.2 Å². The third kappa shape index (κ3) is 2.71. The van der Waals surface area contributed by atoms with E-state index in [4.69, 9.17) is 11.5 Å². The van der Waals surface area contributed by atoms with E-state index in [0.717, 1.165) is 6.42 Å². The Morgan fingerprint density at radius 1 is 1.45 bits per heavy atom. The van der Waals surface area contributed by atoms with Crippen molar-refractivity contribution in [3.63, 3.8) is 0 Å². The Labute approximate surface area is 116 Å². The number of amides is 1. The third-order valence-electron chi connectivity index (χ3n) is 3.29. The lowest BCUT2D eigenvalue weighted by Gasteiger charge is -2.13. The zero-order chi connectivity index (χ0) is 14.7. The van der Waals surface area contributed by atoms with E-state index in [9.17, 15) is 4.79 Å². The number of nitrogens with one attached hydrogen (secondary N) is 2. The molecule has 2 rings (SSSR count). The number of H-pyrrole nitrogens is 1. The highest BCUT2D eigenvalue weighted by atomic mass is 16.1. The molecule has 1 atom stereocenters. The van der Waals surface area contributed by atoms with Crippen molar-refractivity contribution in [1.29, 1.82) is 0 Å². The summed E-state index contributed by atoms with van der Waals surface area (Å²) in [5.41, 5.74) is 13.7. The van der Waals surface area contributed by atoms with E-state index in [1.165, 1.54) is 5.56 Å². The molecule has 7 nitrogen and oxygen atoms in total. The van der Waals surface area contributed by atoms with Crippen LogP contribution in [0.2, 0.25) is 0 Å². The molecule has 1 amide bonds. The summed E-state index contributed by atoms with van der Waals surface area (Å²) in [7, 11) is 0. The summed E-state index contributed by atoms with van der Waals surface area (Å²) < 4.78 is 0. The average Bonchev–Trinajstić information content (AvgIpc) is 2.88. The molecule has 0 spiro atoms. The summed E-state index contributed by atoms with van der Waals surface area (Å²) in [6.07, 6.45) is 1.04. The van der Waals surface area contributed by atoms with Gasteiger partial charge in [-0.15, -0.1) is 10.2 Å². The molecule has 0 fully saturated rings. The smallest absolute Gasteiger partial charge is 0.273 e. The Balaban J connectivity index is 2.26. The number of aromatic amines is 1. The number of nitrogen functional groups attached to an aromatic ring is 1. The maximum atomic E-state index is 11.2. The molecule has 0 radical (unpaired) electrons. The van der Waals surface area contributed by atoms with Gasteiger partial charge in [0.05, 0.1) is 11.4 Å². The van der Waals surface area contributed by atoms with Crippen LogP contribution >= 0.6 is 0 Å². The fraction of sp³-hybridized carbons (Fsp3) is 0.308. The molecule has 2 aromatic rings. The molecule has 20 heavy (non-hydrogen) atoms. The number of aromatic nitrogens is 3. The highest BCUT2D eigenvalue weighted by molar-refractivity contribution is 5.96. The van der Waals surface area contributed by atoms with E-state index in [-0.39, 0.29) is 11.5 Å². The van der Waals surface area contributed by atoms with Gasteiger partial charge in [0.1, 0.15) is 0 Å². The van der Waals surface area contributed by atoms with Crippen LogP contribution < -0.4 is 16.8 Å². The number of hydrogen-bond donors (Lipinski definition) is 4. The van der Waals surface area contributed by atoms with Crippen LogP contribution in [0, 0.1) is 0 Å². The second kappa shape index (κ2) is 5.60. The molecular formula is C13H18N6O. The largest absolute Gasteiger partial charge is 0.397 e. The molecule has 6 N–H and O–H groups in total. The lowest BCUT2D eigenvalue weighted by atomic mass is 9.98. The molecule has 1 unspecified atom stereocenters. The van der Waals surface area contributed by atoms with Crippen LogP contribution in [0.25, 0.3) is 0 Å². The standard InChI is InChI=1S/C13H18N6O/c1-3-7(2)8-4-5-10(9(14)6-8)16-13-11(12(15)20)17-19-18-13/h4-7H,3,14H2,1-2H3,(H2,15,20)(H2,16,17,18,19). The van der Waals surface area contributed by atoms with Crippen molar-refractivity contribution in [3.05, 3.63) is 29.5 Å². The van der Waals surface area contributed by atoms with E-state index in [2.05, 4.69) is 34.6 Å². The Morgan fingerprint density at radius 2 is 2.20 bits per heavy atom. The number of anilines is 3. The Kier molecular flexibility index (Phi) is 3.88. The van der Waals surface area contributed by atoms with Gasteiger partial charge < -0.3 is 16.8 Å². The lowest BCUT2D eigenvalue weighted by Crippen LogP contribution is -2.13. The fourth-order valence-corrected chi connectivity index (χ4v) is 1.85. The quantitative estimate of drug-likeness (QED) is 0.618. The first kappa shape index (κ1) is 13.9. The van der Waals surface area contributed by atoms with E-state index in [1.54, 1.807) is 0 Å². The first-order chi connectivity index (χ1) is 9.52. The Morgan fingerprint density at radius 3 is 2.80 bits per heavy atom. The summed E-state index contributed by atoms with van der Waals surface area (Å²) >= 11 is 0. The monoisotopic (exact) mass is 274 g/mol. The predicted molar refractivity (Wildman–Crippen MR) is 77.7 cm³/mol. The number of primary amides is 1. The third-order valence-corrected chi connectivity index (χ3v) is 3.29. The first-order valence-corrected chi connectivity index (χ1v) is 6.40. The van der Waals surface area contributed by atoms with Crippen LogP contribution in [0.5, 0.6) is 0 Å². The van der Waals surface area contributed by atoms with Crippen molar-refractivity contribution in [1.82, 2.24) is 15.4 Å². The fourth-order valence-electron chi connectivity index (χ4n) is 1.85. The van der Waals surface area contributed by atoms with Crippen molar-refractivity contribution >= 4 is 23.1 Å². The van der Waals surface area contributed by atoms with Crippen molar-refractivity contribution in [2.75, 3.05) is 11.1 Å². The Bertz CT molecular complexity index is 621. The zero-order valence-corrected chi connectivity index (χ0v) is 11.5. The second-order valence-corrected chi connectivity index (χ2v) is 4.67.